The number of ether oxygens (including phenoxy) is 3. The molecule has 0 amide bonds. The van der Waals surface area contributed by atoms with Crippen LogP contribution in [0.3, 0.4) is 0 Å². The highest BCUT2D eigenvalue weighted by atomic mass is 35.7. The van der Waals surface area contributed by atoms with Crippen molar-refractivity contribution >= 4 is 18.1 Å². The Morgan fingerprint density at radius 1 is 1.42 bits per heavy atom. The van der Waals surface area contributed by atoms with Crippen LogP contribution in [-0.2, 0) is 23.3 Å². The van der Waals surface area contributed by atoms with Crippen molar-refractivity contribution in [2.24, 2.45) is 0 Å². The van der Waals surface area contributed by atoms with E-state index >= 15 is 0 Å². The predicted octanol–water partition coefficient (Wildman–Crippen LogP) is 2.22. The molecule has 2 atom stereocenters. The molecule has 0 saturated carbocycles. The zero-order valence-corrected chi connectivity index (χ0v) is 13.0. The molecular weight excluding hydrogens is 293 g/mol. The van der Waals surface area contributed by atoms with E-state index in [1.54, 1.807) is 4.67 Å². The van der Waals surface area contributed by atoms with Crippen LogP contribution in [0.4, 0.5) is 0 Å². The summed E-state index contributed by atoms with van der Waals surface area (Å²) in [5.74, 6) is -0.542. The molecule has 2 heterocycles. The van der Waals surface area contributed by atoms with Gasteiger partial charge < -0.3 is 18.7 Å². The summed E-state index contributed by atoms with van der Waals surface area (Å²) in [5, 5.41) is 0. The highest BCUT2D eigenvalue weighted by Gasteiger charge is 2.34. The Kier molecular flexibility index (Phi) is 5.28. The van der Waals surface area contributed by atoms with E-state index in [1.165, 1.54) is 0 Å². The summed E-state index contributed by atoms with van der Waals surface area (Å²) in [6, 6.07) is 0. The van der Waals surface area contributed by atoms with Crippen LogP contribution in [0.25, 0.3) is 0 Å². The summed E-state index contributed by atoms with van der Waals surface area (Å²) in [6.45, 7) is 3.48. The lowest BCUT2D eigenvalue weighted by Gasteiger charge is -2.29. The number of hydrogen-bond donors (Lipinski definition) is 0. The Balaban J connectivity index is 1.71. The van der Waals surface area contributed by atoms with Crippen molar-refractivity contribution in [2.45, 2.75) is 32.2 Å². The first-order valence-corrected chi connectivity index (χ1v) is 8.96. The molecule has 0 N–H and O–H groups in total. The van der Waals surface area contributed by atoms with E-state index in [2.05, 4.69) is 0 Å². The fraction of sp³-hybridized carbons (Fsp3) is 1.00. The van der Waals surface area contributed by atoms with E-state index < -0.39 is 12.7 Å². The average Bonchev–Trinajstić information content (AvgIpc) is 2.70. The number of rotatable bonds is 5. The number of hydrogen-bond acceptors (Lipinski definition) is 5. The van der Waals surface area contributed by atoms with Crippen molar-refractivity contribution in [1.29, 1.82) is 0 Å². The maximum atomic E-state index is 12.2. The van der Waals surface area contributed by atoms with Crippen molar-refractivity contribution in [2.75, 3.05) is 39.5 Å². The van der Waals surface area contributed by atoms with Gasteiger partial charge in [-0.15, -0.1) is 0 Å². The van der Waals surface area contributed by atoms with Gasteiger partial charge in [-0.3, -0.25) is 4.57 Å². The van der Waals surface area contributed by atoms with Crippen LogP contribution >= 0.6 is 18.1 Å². The molecule has 0 bridgehead atoms. The van der Waals surface area contributed by atoms with E-state index in [1.807, 2.05) is 13.8 Å². The minimum absolute atomic E-state index is 0.0312. The van der Waals surface area contributed by atoms with Gasteiger partial charge in [-0.25, -0.2) is 4.67 Å². The molecule has 112 valence electrons. The van der Waals surface area contributed by atoms with E-state index in [0.29, 0.717) is 45.9 Å². The van der Waals surface area contributed by atoms with E-state index in [9.17, 15) is 4.57 Å². The molecule has 6 nitrogen and oxygen atoms in total. The summed E-state index contributed by atoms with van der Waals surface area (Å²) < 4.78 is 35.5. The third kappa shape index (κ3) is 4.67. The summed E-state index contributed by atoms with van der Waals surface area (Å²) in [6.07, 6.45) is 0.584. The highest BCUT2D eigenvalue weighted by Crippen LogP contribution is 2.56. The molecule has 0 aliphatic carbocycles. The molecule has 2 fully saturated rings. The molecule has 2 rings (SSSR count). The molecule has 2 aliphatic heterocycles. The largest absolute Gasteiger partial charge is 0.379 e. The zero-order chi connectivity index (χ0) is 13.9. The highest BCUT2D eigenvalue weighted by molar-refractivity contribution is 7.83. The Bertz CT molecular complexity index is 348. The first-order chi connectivity index (χ1) is 8.89. The van der Waals surface area contributed by atoms with Crippen molar-refractivity contribution in [1.82, 2.24) is 4.67 Å². The summed E-state index contributed by atoms with van der Waals surface area (Å²) in [4.78, 5) is 0. The Hall–Kier alpha value is 0.320. The number of nitrogens with zero attached hydrogens (tertiary/aromatic N) is 1. The van der Waals surface area contributed by atoms with Gasteiger partial charge >= 0.3 is 6.87 Å². The predicted molar refractivity (Wildman–Crippen MR) is 71.3 cm³/mol. The Labute approximate surface area is 118 Å². The van der Waals surface area contributed by atoms with Gasteiger partial charge in [0.25, 0.3) is 0 Å². The van der Waals surface area contributed by atoms with Crippen molar-refractivity contribution in [3.05, 3.63) is 0 Å². The van der Waals surface area contributed by atoms with Crippen LogP contribution in [0.15, 0.2) is 0 Å². The van der Waals surface area contributed by atoms with E-state index in [4.69, 9.17) is 30.0 Å². The standard InChI is InChI=1S/C11H21ClNO5P/c1-11(2)16-9-10(18-11)3-6-17-19(12,14)13-4-7-15-8-5-13/h10H,3-9H2,1-2H3. The van der Waals surface area contributed by atoms with Gasteiger partial charge in [0, 0.05) is 13.1 Å². The Morgan fingerprint density at radius 3 is 2.68 bits per heavy atom. The van der Waals surface area contributed by atoms with Crippen LogP contribution < -0.4 is 0 Å². The molecule has 2 aliphatic rings. The quantitative estimate of drug-likeness (QED) is 0.725. The van der Waals surface area contributed by atoms with Gasteiger partial charge in [0.2, 0.25) is 0 Å². The smallest absolute Gasteiger partial charge is 0.363 e. The maximum absolute atomic E-state index is 12.2. The molecule has 0 aromatic carbocycles. The second-order valence-electron chi connectivity index (χ2n) is 5.09. The minimum atomic E-state index is -3.23. The maximum Gasteiger partial charge on any atom is 0.363 e. The van der Waals surface area contributed by atoms with Gasteiger partial charge in [-0.2, -0.15) is 0 Å². The molecular formula is C11H21ClNO5P. The lowest BCUT2D eigenvalue weighted by Crippen LogP contribution is -2.33. The number of halogens is 1. The zero-order valence-electron chi connectivity index (χ0n) is 11.3. The average molecular weight is 314 g/mol. The van der Waals surface area contributed by atoms with Gasteiger partial charge in [0.05, 0.1) is 32.5 Å². The first-order valence-electron chi connectivity index (χ1n) is 6.48. The van der Waals surface area contributed by atoms with Gasteiger partial charge in [0.15, 0.2) is 5.79 Å². The summed E-state index contributed by atoms with van der Waals surface area (Å²) >= 11 is 5.99. The summed E-state index contributed by atoms with van der Waals surface area (Å²) in [7, 11) is 0. The molecule has 8 heteroatoms. The molecule has 0 spiro atoms. The lowest BCUT2D eigenvalue weighted by molar-refractivity contribution is -0.139. The second-order valence-corrected chi connectivity index (χ2v) is 8.10. The minimum Gasteiger partial charge on any atom is -0.379 e. The SMILES string of the molecule is CC1(C)OCC(CCOP(=O)(Cl)N2CCOCC2)O1. The molecule has 19 heavy (non-hydrogen) atoms. The molecule has 0 aromatic rings. The molecule has 2 saturated heterocycles. The third-order valence-corrected chi connectivity index (χ3v) is 5.59. The fourth-order valence-electron chi connectivity index (χ4n) is 2.08. The van der Waals surface area contributed by atoms with Crippen LogP contribution in [0.5, 0.6) is 0 Å². The fourth-order valence-corrected chi connectivity index (χ4v) is 3.87. The monoisotopic (exact) mass is 313 g/mol. The Morgan fingerprint density at radius 2 is 2.11 bits per heavy atom. The van der Waals surface area contributed by atoms with Crippen molar-refractivity contribution in [3.8, 4) is 0 Å². The van der Waals surface area contributed by atoms with Crippen LogP contribution in [0, 0.1) is 0 Å². The van der Waals surface area contributed by atoms with Crippen LogP contribution in [0.2, 0.25) is 0 Å². The summed E-state index contributed by atoms with van der Waals surface area (Å²) in [5.41, 5.74) is 0. The van der Waals surface area contributed by atoms with Crippen LogP contribution in [0.1, 0.15) is 20.3 Å². The normalized spacial score (nSPS) is 31.2. The van der Waals surface area contributed by atoms with E-state index in [-0.39, 0.29) is 6.10 Å². The van der Waals surface area contributed by atoms with Crippen molar-refractivity contribution in [3.63, 3.8) is 0 Å². The van der Waals surface area contributed by atoms with Gasteiger partial charge in [-0.05, 0) is 31.5 Å². The first kappa shape index (κ1) is 15.7. The van der Waals surface area contributed by atoms with Crippen molar-refractivity contribution < 1.29 is 23.3 Å². The topological polar surface area (TPSA) is 57.2 Å². The number of morpholine rings is 1. The molecule has 0 aromatic heterocycles. The van der Waals surface area contributed by atoms with Gasteiger partial charge in [-0.1, -0.05) is 0 Å². The van der Waals surface area contributed by atoms with Gasteiger partial charge in [0.1, 0.15) is 0 Å². The third-order valence-electron chi connectivity index (χ3n) is 3.08. The van der Waals surface area contributed by atoms with E-state index in [0.717, 1.165) is 0 Å². The molecule has 0 radical (unpaired) electrons. The lowest BCUT2D eigenvalue weighted by atomic mass is 10.3. The second kappa shape index (κ2) is 6.39. The molecule has 2 unspecified atom stereocenters. The van der Waals surface area contributed by atoms with Crippen LogP contribution in [-0.4, -0.2) is 56.1 Å².